The van der Waals surface area contributed by atoms with Crippen LogP contribution in [-0.2, 0) is 4.79 Å². The zero-order chi connectivity index (χ0) is 19.8. The number of amides is 1. The number of halogens is 1. The molecule has 2 aromatic heterocycles. The Hall–Kier alpha value is -3.61. The van der Waals surface area contributed by atoms with Crippen LogP contribution in [0.5, 0.6) is 0 Å². The van der Waals surface area contributed by atoms with Crippen molar-refractivity contribution < 1.29 is 13.6 Å². The number of carbonyl (C=O) groups excluding carboxylic acids is 1. The first-order valence-corrected chi connectivity index (χ1v) is 9.43. The van der Waals surface area contributed by atoms with Gasteiger partial charge in [-0.3, -0.25) is 4.79 Å². The molecule has 4 aromatic rings. The number of benzene rings is 2. The molecule has 1 aliphatic heterocycles. The summed E-state index contributed by atoms with van der Waals surface area (Å²) in [4.78, 5) is 16.1. The van der Waals surface area contributed by atoms with Crippen LogP contribution in [0.15, 0.2) is 59.0 Å². The summed E-state index contributed by atoms with van der Waals surface area (Å²) in [5, 5.41) is 12.2. The van der Waals surface area contributed by atoms with E-state index in [0.717, 1.165) is 22.0 Å². The minimum absolute atomic E-state index is 0.0126. The number of para-hydroxylation sites is 1. The summed E-state index contributed by atoms with van der Waals surface area (Å²) in [5.41, 5.74) is 3.05. The summed E-state index contributed by atoms with van der Waals surface area (Å²) in [7, 11) is 0. The highest BCUT2D eigenvalue weighted by Crippen LogP contribution is 2.33. The Morgan fingerprint density at radius 2 is 1.90 bits per heavy atom. The van der Waals surface area contributed by atoms with Crippen molar-refractivity contribution >= 4 is 16.8 Å². The van der Waals surface area contributed by atoms with Gasteiger partial charge in [-0.2, -0.15) is 0 Å². The lowest BCUT2D eigenvalue weighted by molar-refractivity contribution is -0.122. The summed E-state index contributed by atoms with van der Waals surface area (Å²) in [5.74, 6) is 0.683. The highest BCUT2D eigenvalue weighted by Gasteiger charge is 2.25. The van der Waals surface area contributed by atoms with Crippen molar-refractivity contribution in [3.05, 3.63) is 66.3 Å². The van der Waals surface area contributed by atoms with E-state index in [2.05, 4.69) is 15.5 Å². The Morgan fingerprint density at radius 1 is 1.07 bits per heavy atom. The highest BCUT2D eigenvalue weighted by molar-refractivity contribution is 5.94. The van der Waals surface area contributed by atoms with Crippen molar-refractivity contribution in [3.63, 3.8) is 0 Å². The van der Waals surface area contributed by atoms with Gasteiger partial charge in [-0.15, -0.1) is 10.2 Å². The SMILES string of the molecule is O=C1CCC(c2nnc(-c3cc(-c4ccc(F)cc4)nc4ccccc34)o2)CN1. The van der Waals surface area contributed by atoms with Gasteiger partial charge in [0.15, 0.2) is 0 Å². The van der Waals surface area contributed by atoms with Crippen LogP contribution in [0.25, 0.3) is 33.6 Å². The monoisotopic (exact) mass is 388 g/mol. The van der Waals surface area contributed by atoms with Gasteiger partial charge < -0.3 is 9.73 Å². The predicted molar refractivity (Wildman–Crippen MR) is 105 cm³/mol. The highest BCUT2D eigenvalue weighted by atomic mass is 19.1. The van der Waals surface area contributed by atoms with Crippen LogP contribution in [0.1, 0.15) is 24.7 Å². The van der Waals surface area contributed by atoms with Crippen molar-refractivity contribution in [1.82, 2.24) is 20.5 Å². The largest absolute Gasteiger partial charge is 0.420 e. The molecule has 1 amide bonds. The number of hydrogen-bond donors (Lipinski definition) is 1. The molecule has 5 rings (SSSR count). The lowest BCUT2D eigenvalue weighted by Gasteiger charge is -2.18. The van der Waals surface area contributed by atoms with Crippen LogP contribution < -0.4 is 5.32 Å². The molecule has 0 spiro atoms. The molecule has 1 saturated heterocycles. The summed E-state index contributed by atoms with van der Waals surface area (Å²) < 4.78 is 19.3. The van der Waals surface area contributed by atoms with Crippen LogP contribution in [0.3, 0.4) is 0 Å². The lowest BCUT2D eigenvalue weighted by Crippen LogP contribution is -2.33. The number of nitrogens with zero attached hydrogens (tertiary/aromatic N) is 3. The normalized spacial score (nSPS) is 16.7. The van der Waals surface area contributed by atoms with Gasteiger partial charge in [-0.05, 0) is 42.8 Å². The lowest BCUT2D eigenvalue weighted by atomic mass is 9.99. The Bertz CT molecular complexity index is 1190. The molecule has 3 heterocycles. The Labute approximate surface area is 165 Å². The van der Waals surface area contributed by atoms with Gasteiger partial charge >= 0.3 is 0 Å². The van der Waals surface area contributed by atoms with Gasteiger partial charge in [-0.1, -0.05) is 18.2 Å². The number of piperidine rings is 1. The molecule has 1 fully saturated rings. The molecule has 7 heteroatoms. The topological polar surface area (TPSA) is 80.9 Å². The molecular weight excluding hydrogens is 371 g/mol. The van der Waals surface area contributed by atoms with E-state index in [9.17, 15) is 9.18 Å². The fraction of sp³-hybridized carbons (Fsp3) is 0.182. The van der Waals surface area contributed by atoms with Gasteiger partial charge in [0.25, 0.3) is 0 Å². The van der Waals surface area contributed by atoms with E-state index >= 15 is 0 Å². The molecule has 0 saturated carbocycles. The first kappa shape index (κ1) is 17.5. The number of fused-ring (bicyclic) bond motifs is 1. The molecule has 144 valence electrons. The molecule has 6 nitrogen and oxygen atoms in total. The van der Waals surface area contributed by atoms with E-state index in [1.807, 2.05) is 30.3 Å². The van der Waals surface area contributed by atoms with Crippen LogP contribution in [0.4, 0.5) is 4.39 Å². The van der Waals surface area contributed by atoms with Crippen molar-refractivity contribution in [1.29, 1.82) is 0 Å². The quantitative estimate of drug-likeness (QED) is 0.572. The average molecular weight is 388 g/mol. The number of pyridine rings is 1. The maximum Gasteiger partial charge on any atom is 0.248 e. The van der Waals surface area contributed by atoms with E-state index in [0.29, 0.717) is 36.9 Å². The fourth-order valence-corrected chi connectivity index (χ4v) is 3.57. The smallest absolute Gasteiger partial charge is 0.248 e. The van der Waals surface area contributed by atoms with Crippen LogP contribution in [-0.4, -0.2) is 27.6 Å². The second-order valence-electron chi connectivity index (χ2n) is 7.06. The number of carbonyl (C=O) groups is 1. The van der Waals surface area contributed by atoms with Crippen molar-refractivity contribution in [2.45, 2.75) is 18.8 Å². The van der Waals surface area contributed by atoms with Crippen molar-refractivity contribution in [3.8, 4) is 22.7 Å². The minimum atomic E-state index is -0.295. The Kier molecular flexibility index (Phi) is 4.27. The minimum Gasteiger partial charge on any atom is -0.420 e. The molecule has 1 aliphatic rings. The molecular formula is C22H17FN4O2. The van der Waals surface area contributed by atoms with E-state index in [1.165, 1.54) is 12.1 Å². The van der Waals surface area contributed by atoms with Crippen molar-refractivity contribution in [2.75, 3.05) is 6.54 Å². The standard InChI is InChI=1S/C22H17FN4O2/c23-15-8-5-13(6-9-15)19-11-17(16-3-1-2-4-18(16)25-19)22-27-26-21(29-22)14-7-10-20(28)24-12-14/h1-6,8-9,11,14H,7,10,12H2,(H,24,28). The van der Waals surface area contributed by atoms with E-state index in [1.54, 1.807) is 12.1 Å². The van der Waals surface area contributed by atoms with E-state index in [-0.39, 0.29) is 17.6 Å². The second-order valence-corrected chi connectivity index (χ2v) is 7.06. The molecule has 2 aromatic carbocycles. The van der Waals surface area contributed by atoms with Crippen LogP contribution in [0.2, 0.25) is 0 Å². The zero-order valence-corrected chi connectivity index (χ0v) is 15.4. The molecule has 29 heavy (non-hydrogen) atoms. The summed E-state index contributed by atoms with van der Waals surface area (Å²) >= 11 is 0. The Morgan fingerprint density at radius 3 is 2.69 bits per heavy atom. The summed E-state index contributed by atoms with van der Waals surface area (Å²) in [6, 6.07) is 15.8. The average Bonchev–Trinajstić information content (AvgIpc) is 3.24. The summed E-state index contributed by atoms with van der Waals surface area (Å²) in [6.07, 6.45) is 1.14. The first-order chi connectivity index (χ1) is 14.2. The van der Waals surface area contributed by atoms with Gasteiger partial charge in [0.2, 0.25) is 17.7 Å². The molecule has 1 atom stereocenters. The first-order valence-electron chi connectivity index (χ1n) is 9.43. The van der Waals surface area contributed by atoms with Crippen LogP contribution >= 0.6 is 0 Å². The second kappa shape index (κ2) is 7.09. The van der Waals surface area contributed by atoms with E-state index < -0.39 is 0 Å². The number of rotatable bonds is 3. The van der Waals surface area contributed by atoms with Gasteiger partial charge in [-0.25, -0.2) is 9.37 Å². The maximum absolute atomic E-state index is 13.3. The Balaban J connectivity index is 1.59. The van der Waals surface area contributed by atoms with Crippen molar-refractivity contribution in [2.24, 2.45) is 0 Å². The fourth-order valence-electron chi connectivity index (χ4n) is 3.57. The summed E-state index contributed by atoms with van der Waals surface area (Å²) in [6.45, 7) is 0.498. The third kappa shape index (κ3) is 3.35. The maximum atomic E-state index is 13.3. The third-order valence-corrected chi connectivity index (χ3v) is 5.14. The predicted octanol–water partition coefficient (Wildman–Crippen LogP) is 4.08. The molecule has 0 bridgehead atoms. The van der Waals surface area contributed by atoms with Gasteiger partial charge in [0.05, 0.1) is 22.7 Å². The molecule has 0 radical (unpaired) electrons. The zero-order valence-electron chi connectivity index (χ0n) is 15.4. The van der Waals surface area contributed by atoms with Gasteiger partial charge in [0.1, 0.15) is 5.82 Å². The van der Waals surface area contributed by atoms with Gasteiger partial charge in [0, 0.05) is 23.9 Å². The number of nitrogens with one attached hydrogen (secondary N) is 1. The molecule has 1 unspecified atom stereocenters. The number of aromatic nitrogens is 3. The molecule has 1 N–H and O–H groups in total. The van der Waals surface area contributed by atoms with Crippen LogP contribution in [0, 0.1) is 5.82 Å². The molecule has 0 aliphatic carbocycles. The number of hydrogen-bond acceptors (Lipinski definition) is 5. The third-order valence-electron chi connectivity index (χ3n) is 5.14. The van der Waals surface area contributed by atoms with E-state index in [4.69, 9.17) is 9.40 Å².